The first-order valence-corrected chi connectivity index (χ1v) is 5.52. The van der Waals surface area contributed by atoms with Crippen LogP contribution in [0.3, 0.4) is 0 Å². The van der Waals surface area contributed by atoms with E-state index in [2.05, 4.69) is 14.9 Å². The third-order valence-electron chi connectivity index (χ3n) is 2.59. The summed E-state index contributed by atoms with van der Waals surface area (Å²) in [6.07, 6.45) is 5.44. The largest absolute Gasteiger partial charge is 0.335 e. The molecular weight excluding hydrogens is 194 g/mol. The van der Waals surface area contributed by atoms with Crippen molar-refractivity contribution < 1.29 is 0 Å². The van der Waals surface area contributed by atoms with Crippen molar-refractivity contribution in [1.29, 1.82) is 0 Å². The molecule has 2 heterocycles. The van der Waals surface area contributed by atoms with Crippen molar-refractivity contribution in [2.24, 2.45) is 0 Å². The van der Waals surface area contributed by atoms with Gasteiger partial charge in [0.1, 0.15) is 10.5 Å². The van der Waals surface area contributed by atoms with Gasteiger partial charge in [0.15, 0.2) is 0 Å². The number of aromatic amines is 1. The summed E-state index contributed by atoms with van der Waals surface area (Å²) in [7, 11) is 0. The van der Waals surface area contributed by atoms with Crippen LogP contribution in [0, 0.1) is 4.64 Å². The van der Waals surface area contributed by atoms with Gasteiger partial charge in [0.2, 0.25) is 0 Å². The molecule has 2 rings (SSSR count). The number of hydrogen-bond acceptors (Lipinski definition) is 3. The highest BCUT2D eigenvalue weighted by atomic mass is 32.1. The SMILES string of the molecule is S=c1ccnc(CCN2CCCC2)[nH]1. The Morgan fingerprint density at radius 3 is 2.93 bits per heavy atom. The first kappa shape index (κ1) is 9.80. The van der Waals surface area contributed by atoms with Gasteiger partial charge in [-0.05, 0) is 32.0 Å². The fraction of sp³-hybridized carbons (Fsp3) is 0.600. The van der Waals surface area contributed by atoms with E-state index in [4.69, 9.17) is 12.2 Å². The number of aromatic nitrogens is 2. The molecular formula is C10H15N3S. The molecule has 0 saturated carbocycles. The van der Waals surface area contributed by atoms with Gasteiger partial charge >= 0.3 is 0 Å². The molecule has 14 heavy (non-hydrogen) atoms. The quantitative estimate of drug-likeness (QED) is 0.770. The van der Waals surface area contributed by atoms with E-state index in [1.165, 1.54) is 25.9 Å². The Morgan fingerprint density at radius 2 is 2.21 bits per heavy atom. The lowest BCUT2D eigenvalue weighted by atomic mass is 10.3. The zero-order valence-electron chi connectivity index (χ0n) is 8.20. The highest BCUT2D eigenvalue weighted by molar-refractivity contribution is 7.71. The lowest BCUT2D eigenvalue weighted by Gasteiger charge is -2.13. The van der Waals surface area contributed by atoms with Crippen LogP contribution < -0.4 is 0 Å². The molecule has 1 saturated heterocycles. The van der Waals surface area contributed by atoms with E-state index in [-0.39, 0.29) is 0 Å². The lowest BCUT2D eigenvalue weighted by Crippen LogP contribution is -2.22. The molecule has 76 valence electrons. The van der Waals surface area contributed by atoms with Crippen molar-refractivity contribution >= 4 is 12.2 Å². The molecule has 0 amide bonds. The summed E-state index contributed by atoms with van der Waals surface area (Å²) in [5.41, 5.74) is 0. The van der Waals surface area contributed by atoms with Crippen LogP contribution in [-0.4, -0.2) is 34.5 Å². The Labute approximate surface area is 89.2 Å². The van der Waals surface area contributed by atoms with Gasteiger partial charge < -0.3 is 9.88 Å². The molecule has 1 N–H and O–H groups in total. The highest BCUT2D eigenvalue weighted by Crippen LogP contribution is 2.07. The van der Waals surface area contributed by atoms with Gasteiger partial charge in [-0.15, -0.1) is 0 Å². The number of nitrogens with one attached hydrogen (secondary N) is 1. The second-order valence-electron chi connectivity index (χ2n) is 3.68. The Balaban J connectivity index is 1.88. The molecule has 0 atom stereocenters. The average molecular weight is 209 g/mol. The van der Waals surface area contributed by atoms with Crippen LogP contribution in [-0.2, 0) is 6.42 Å². The molecule has 0 aliphatic carbocycles. The van der Waals surface area contributed by atoms with Crippen LogP contribution in [0.5, 0.6) is 0 Å². The van der Waals surface area contributed by atoms with Crippen molar-refractivity contribution in [2.75, 3.05) is 19.6 Å². The molecule has 0 spiro atoms. The van der Waals surface area contributed by atoms with Crippen molar-refractivity contribution in [3.63, 3.8) is 0 Å². The van der Waals surface area contributed by atoms with Crippen molar-refractivity contribution in [1.82, 2.24) is 14.9 Å². The molecule has 0 unspecified atom stereocenters. The van der Waals surface area contributed by atoms with Crippen LogP contribution in [0.25, 0.3) is 0 Å². The standard InChI is InChI=1S/C10H15N3S/c14-10-3-5-11-9(12-10)4-8-13-6-1-2-7-13/h3,5H,1-2,4,6-8H2,(H,11,12,14). The topological polar surface area (TPSA) is 31.9 Å². The minimum absolute atomic E-state index is 0.774. The summed E-state index contributed by atoms with van der Waals surface area (Å²) in [6.45, 7) is 3.59. The minimum atomic E-state index is 0.774. The summed E-state index contributed by atoms with van der Waals surface area (Å²) in [5, 5.41) is 0. The second-order valence-corrected chi connectivity index (χ2v) is 4.12. The molecule has 4 heteroatoms. The van der Waals surface area contributed by atoms with E-state index in [0.717, 1.165) is 23.4 Å². The maximum absolute atomic E-state index is 5.04. The fourth-order valence-corrected chi connectivity index (χ4v) is 1.99. The molecule has 3 nitrogen and oxygen atoms in total. The Hall–Kier alpha value is -0.740. The monoisotopic (exact) mass is 209 g/mol. The lowest BCUT2D eigenvalue weighted by molar-refractivity contribution is 0.340. The third-order valence-corrected chi connectivity index (χ3v) is 2.83. The van der Waals surface area contributed by atoms with Gasteiger partial charge in [0, 0.05) is 19.2 Å². The Morgan fingerprint density at radius 1 is 1.43 bits per heavy atom. The molecule has 0 bridgehead atoms. The number of hydrogen-bond donors (Lipinski definition) is 1. The maximum atomic E-state index is 5.04. The Kier molecular flexibility index (Phi) is 3.26. The van der Waals surface area contributed by atoms with Crippen LogP contribution in [0.4, 0.5) is 0 Å². The molecule has 1 aromatic rings. The number of H-pyrrole nitrogens is 1. The van der Waals surface area contributed by atoms with E-state index < -0.39 is 0 Å². The van der Waals surface area contributed by atoms with E-state index in [1.807, 2.05) is 6.07 Å². The zero-order chi connectivity index (χ0) is 9.80. The number of nitrogens with zero attached hydrogens (tertiary/aromatic N) is 2. The highest BCUT2D eigenvalue weighted by Gasteiger charge is 2.10. The molecule has 1 aromatic heterocycles. The summed E-state index contributed by atoms with van der Waals surface area (Å²) < 4.78 is 0.774. The van der Waals surface area contributed by atoms with Crippen molar-refractivity contribution in [3.05, 3.63) is 22.7 Å². The van der Waals surface area contributed by atoms with E-state index in [9.17, 15) is 0 Å². The molecule has 1 aliphatic heterocycles. The van der Waals surface area contributed by atoms with Gasteiger partial charge in [-0.2, -0.15) is 0 Å². The maximum Gasteiger partial charge on any atom is 0.108 e. The fourth-order valence-electron chi connectivity index (χ4n) is 1.81. The van der Waals surface area contributed by atoms with Crippen LogP contribution >= 0.6 is 12.2 Å². The smallest absolute Gasteiger partial charge is 0.108 e. The normalized spacial score (nSPS) is 17.4. The van der Waals surface area contributed by atoms with Crippen molar-refractivity contribution in [3.8, 4) is 0 Å². The van der Waals surface area contributed by atoms with Gasteiger partial charge in [-0.3, -0.25) is 0 Å². The average Bonchev–Trinajstić information content (AvgIpc) is 2.67. The zero-order valence-corrected chi connectivity index (χ0v) is 9.02. The molecule has 0 radical (unpaired) electrons. The van der Waals surface area contributed by atoms with Crippen LogP contribution in [0.15, 0.2) is 12.3 Å². The van der Waals surface area contributed by atoms with Crippen LogP contribution in [0.1, 0.15) is 18.7 Å². The number of likely N-dealkylation sites (tertiary alicyclic amines) is 1. The Bertz CT molecular complexity index is 341. The van der Waals surface area contributed by atoms with Gasteiger partial charge in [-0.1, -0.05) is 12.2 Å². The van der Waals surface area contributed by atoms with Gasteiger partial charge in [0.25, 0.3) is 0 Å². The molecule has 0 aromatic carbocycles. The van der Waals surface area contributed by atoms with Crippen LogP contribution in [0.2, 0.25) is 0 Å². The second kappa shape index (κ2) is 4.66. The summed E-state index contributed by atoms with van der Waals surface area (Å²) >= 11 is 5.04. The summed E-state index contributed by atoms with van der Waals surface area (Å²) in [4.78, 5) is 9.84. The first-order valence-electron chi connectivity index (χ1n) is 5.11. The van der Waals surface area contributed by atoms with E-state index in [0.29, 0.717) is 0 Å². The minimum Gasteiger partial charge on any atom is -0.335 e. The van der Waals surface area contributed by atoms with E-state index >= 15 is 0 Å². The van der Waals surface area contributed by atoms with Gasteiger partial charge in [-0.25, -0.2) is 4.98 Å². The molecule has 1 fully saturated rings. The first-order chi connectivity index (χ1) is 6.84. The van der Waals surface area contributed by atoms with Gasteiger partial charge in [0.05, 0.1) is 0 Å². The number of rotatable bonds is 3. The third kappa shape index (κ3) is 2.62. The van der Waals surface area contributed by atoms with Crippen molar-refractivity contribution in [2.45, 2.75) is 19.3 Å². The predicted octanol–water partition coefficient (Wildman–Crippen LogP) is 1.78. The molecule has 1 aliphatic rings. The summed E-state index contributed by atoms with van der Waals surface area (Å²) in [6, 6.07) is 1.81. The van der Waals surface area contributed by atoms with E-state index in [1.54, 1.807) is 6.20 Å². The summed E-state index contributed by atoms with van der Waals surface area (Å²) in [5.74, 6) is 1.00. The predicted molar refractivity (Wildman–Crippen MR) is 58.8 cm³/mol.